The molecule has 0 atom stereocenters. The van der Waals surface area contributed by atoms with Gasteiger partial charge in [-0.1, -0.05) is 24.3 Å². The van der Waals surface area contributed by atoms with Crippen molar-refractivity contribution < 1.29 is 0 Å². The lowest BCUT2D eigenvalue weighted by molar-refractivity contribution is 0.979. The molecule has 2 heterocycles. The summed E-state index contributed by atoms with van der Waals surface area (Å²) < 4.78 is 0. The predicted octanol–water partition coefficient (Wildman–Crippen LogP) is 4.10. The van der Waals surface area contributed by atoms with E-state index in [1.807, 2.05) is 22.7 Å². The predicted molar refractivity (Wildman–Crippen MR) is 86.2 cm³/mol. The first kappa shape index (κ1) is 12.3. The average molecular weight is 298 g/mol. The number of aryl methyl sites for hydroxylation is 2. The number of aromatic nitrogens is 1. The van der Waals surface area contributed by atoms with Gasteiger partial charge in [-0.05, 0) is 29.9 Å². The van der Waals surface area contributed by atoms with Crippen LogP contribution in [0.25, 0.3) is 21.8 Å². The Morgan fingerprint density at radius 2 is 1.85 bits per heavy atom. The fraction of sp³-hybridized carbons (Fsp3) is 0.188. The molecule has 0 saturated carbocycles. The number of fused-ring (bicyclic) bond motifs is 3. The molecule has 0 bridgehead atoms. The van der Waals surface area contributed by atoms with Crippen molar-refractivity contribution in [2.75, 3.05) is 0 Å². The zero-order valence-corrected chi connectivity index (χ0v) is 12.6. The van der Waals surface area contributed by atoms with E-state index in [-0.39, 0.29) is 0 Å². The van der Waals surface area contributed by atoms with Gasteiger partial charge in [0.15, 0.2) is 0 Å². The summed E-state index contributed by atoms with van der Waals surface area (Å²) in [5, 5.41) is 3.30. The fourth-order valence-corrected chi connectivity index (χ4v) is 4.57. The van der Waals surface area contributed by atoms with E-state index in [0.29, 0.717) is 6.54 Å². The molecule has 0 fully saturated rings. The molecule has 1 aliphatic rings. The molecule has 0 unspecified atom stereocenters. The van der Waals surface area contributed by atoms with Crippen LogP contribution in [-0.2, 0) is 19.4 Å². The number of nitrogens with two attached hydrogens (primary N) is 1. The van der Waals surface area contributed by atoms with Gasteiger partial charge in [0, 0.05) is 27.4 Å². The van der Waals surface area contributed by atoms with Crippen molar-refractivity contribution in [2.24, 2.45) is 5.73 Å². The number of benzene rings is 1. The highest BCUT2D eigenvalue weighted by Gasteiger charge is 2.22. The molecule has 1 aliphatic carbocycles. The molecule has 0 amide bonds. The second-order valence-corrected chi connectivity index (χ2v) is 7.03. The van der Waals surface area contributed by atoms with E-state index in [1.54, 1.807) is 0 Å². The molecule has 3 aromatic rings. The fourth-order valence-electron chi connectivity index (χ4n) is 2.61. The summed E-state index contributed by atoms with van der Waals surface area (Å²) >= 11 is 3.68. The van der Waals surface area contributed by atoms with E-state index >= 15 is 0 Å². The van der Waals surface area contributed by atoms with Gasteiger partial charge in [-0.3, -0.25) is 0 Å². The van der Waals surface area contributed by atoms with Gasteiger partial charge < -0.3 is 5.73 Å². The third-order valence-corrected chi connectivity index (χ3v) is 5.86. The summed E-state index contributed by atoms with van der Waals surface area (Å²) in [7, 11) is 0. The van der Waals surface area contributed by atoms with E-state index in [9.17, 15) is 0 Å². The lowest BCUT2D eigenvalue weighted by Gasteiger charge is -2.09. The largest absolute Gasteiger partial charge is 0.326 e. The average Bonchev–Trinajstić information content (AvgIpc) is 3.12. The quantitative estimate of drug-likeness (QED) is 0.773. The van der Waals surface area contributed by atoms with Crippen molar-refractivity contribution >= 4 is 22.7 Å². The van der Waals surface area contributed by atoms with Gasteiger partial charge in [-0.25, -0.2) is 4.98 Å². The van der Waals surface area contributed by atoms with Crippen LogP contribution in [0.3, 0.4) is 0 Å². The number of nitrogens with zero attached hydrogens (tertiary/aromatic N) is 1. The number of hydrogen-bond donors (Lipinski definition) is 1. The van der Waals surface area contributed by atoms with Gasteiger partial charge in [0.2, 0.25) is 0 Å². The van der Waals surface area contributed by atoms with Gasteiger partial charge in [0.25, 0.3) is 0 Å². The van der Waals surface area contributed by atoms with Crippen LogP contribution in [0.5, 0.6) is 0 Å². The Labute approximate surface area is 125 Å². The molecule has 20 heavy (non-hydrogen) atoms. The van der Waals surface area contributed by atoms with E-state index < -0.39 is 0 Å². The summed E-state index contributed by atoms with van der Waals surface area (Å²) in [5.41, 5.74) is 10.6. The zero-order valence-electron chi connectivity index (χ0n) is 10.9. The van der Waals surface area contributed by atoms with Crippen molar-refractivity contribution in [1.82, 2.24) is 4.98 Å². The van der Waals surface area contributed by atoms with Crippen molar-refractivity contribution in [2.45, 2.75) is 19.4 Å². The number of thiazole rings is 1. The minimum atomic E-state index is 0.590. The molecule has 2 N–H and O–H groups in total. The van der Waals surface area contributed by atoms with Gasteiger partial charge in [0.1, 0.15) is 5.01 Å². The molecular weight excluding hydrogens is 284 g/mol. The Balaban J connectivity index is 1.78. The minimum absolute atomic E-state index is 0.590. The first-order chi connectivity index (χ1) is 9.85. The first-order valence-corrected chi connectivity index (χ1v) is 8.40. The van der Waals surface area contributed by atoms with E-state index in [4.69, 9.17) is 10.7 Å². The van der Waals surface area contributed by atoms with Crippen LogP contribution >= 0.6 is 22.7 Å². The Kier molecular flexibility index (Phi) is 2.95. The van der Waals surface area contributed by atoms with Crippen molar-refractivity contribution in [3.63, 3.8) is 0 Å². The third-order valence-electron chi connectivity index (χ3n) is 3.71. The second-order valence-electron chi connectivity index (χ2n) is 4.95. The highest BCUT2D eigenvalue weighted by molar-refractivity contribution is 7.15. The molecular formula is C16H14N2S2. The van der Waals surface area contributed by atoms with Crippen LogP contribution in [-0.4, -0.2) is 4.98 Å². The Bertz CT molecular complexity index is 753. The maximum Gasteiger partial charge on any atom is 0.124 e. The molecule has 0 radical (unpaired) electrons. The number of thiophene rings is 1. The van der Waals surface area contributed by atoms with E-state index in [0.717, 1.165) is 23.4 Å². The number of hydrogen-bond acceptors (Lipinski definition) is 4. The highest BCUT2D eigenvalue weighted by Crippen LogP contribution is 2.41. The van der Waals surface area contributed by atoms with Crippen LogP contribution in [0.2, 0.25) is 0 Å². The van der Waals surface area contributed by atoms with E-state index in [2.05, 4.69) is 35.7 Å². The summed E-state index contributed by atoms with van der Waals surface area (Å²) in [4.78, 5) is 7.79. The van der Waals surface area contributed by atoms with Crippen molar-refractivity contribution in [3.8, 4) is 21.8 Å². The maximum atomic E-state index is 5.65. The lowest BCUT2D eigenvalue weighted by atomic mass is 10.0. The van der Waals surface area contributed by atoms with Crippen LogP contribution in [0.15, 0.2) is 35.7 Å². The minimum Gasteiger partial charge on any atom is -0.326 e. The second kappa shape index (κ2) is 4.81. The molecule has 4 rings (SSSR count). The lowest BCUT2D eigenvalue weighted by Crippen LogP contribution is -1.97. The van der Waals surface area contributed by atoms with Gasteiger partial charge >= 0.3 is 0 Å². The van der Waals surface area contributed by atoms with Crippen molar-refractivity contribution in [1.29, 1.82) is 0 Å². The van der Waals surface area contributed by atoms with Crippen molar-refractivity contribution in [3.05, 3.63) is 51.0 Å². The monoisotopic (exact) mass is 298 g/mol. The first-order valence-electron chi connectivity index (χ1n) is 6.71. The molecule has 4 heteroatoms. The van der Waals surface area contributed by atoms with Crippen LogP contribution in [0.4, 0.5) is 0 Å². The van der Waals surface area contributed by atoms with E-state index in [1.165, 1.54) is 26.6 Å². The Morgan fingerprint density at radius 1 is 1.05 bits per heavy atom. The van der Waals surface area contributed by atoms with Gasteiger partial charge in [0.05, 0.1) is 5.69 Å². The van der Waals surface area contributed by atoms with Gasteiger partial charge in [-0.15, -0.1) is 22.7 Å². The zero-order chi connectivity index (χ0) is 13.5. The summed E-state index contributed by atoms with van der Waals surface area (Å²) in [6.07, 6.45) is 2.29. The SMILES string of the molecule is NCc1ccc(-c2nc3c(s2)CCc2sccc2-3)cc1. The Morgan fingerprint density at radius 3 is 2.65 bits per heavy atom. The summed E-state index contributed by atoms with van der Waals surface area (Å²) in [6.45, 7) is 0.590. The Hall–Kier alpha value is -1.49. The normalized spacial score (nSPS) is 13.1. The third kappa shape index (κ3) is 1.92. The molecule has 2 nitrogen and oxygen atoms in total. The highest BCUT2D eigenvalue weighted by atomic mass is 32.1. The molecule has 2 aromatic heterocycles. The van der Waals surface area contributed by atoms with Crippen LogP contribution in [0.1, 0.15) is 15.3 Å². The molecule has 0 spiro atoms. The number of rotatable bonds is 2. The standard InChI is InChI=1S/C16H14N2S2/c17-9-10-1-3-11(4-2-10)16-18-15-12-7-8-19-13(12)5-6-14(15)20-16/h1-4,7-8H,5-6,9,17H2. The van der Waals surface area contributed by atoms with Crippen LogP contribution in [0, 0.1) is 0 Å². The molecule has 1 aromatic carbocycles. The smallest absolute Gasteiger partial charge is 0.124 e. The summed E-state index contributed by atoms with van der Waals surface area (Å²) in [5.74, 6) is 0. The topological polar surface area (TPSA) is 38.9 Å². The molecule has 100 valence electrons. The molecule has 0 aliphatic heterocycles. The van der Waals surface area contributed by atoms with Gasteiger partial charge in [-0.2, -0.15) is 0 Å². The molecule has 0 saturated heterocycles. The summed E-state index contributed by atoms with van der Waals surface area (Å²) in [6, 6.07) is 10.6. The van der Waals surface area contributed by atoms with Crippen LogP contribution < -0.4 is 5.73 Å². The maximum absolute atomic E-state index is 5.65.